The van der Waals surface area contributed by atoms with Gasteiger partial charge in [-0.1, -0.05) is 36.4 Å². The zero-order valence-corrected chi connectivity index (χ0v) is 19.1. The summed E-state index contributed by atoms with van der Waals surface area (Å²) in [5.74, 6) is 2.18. The van der Waals surface area contributed by atoms with E-state index >= 15 is 0 Å². The summed E-state index contributed by atoms with van der Waals surface area (Å²) >= 11 is 0. The zero-order chi connectivity index (χ0) is 23.6. The maximum atomic E-state index is 12.4. The van der Waals surface area contributed by atoms with Crippen LogP contribution in [0.2, 0.25) is 0 Å². The molecule has 3 aromatic carbocycles. The van der Waals surface area contributed by atoms with Crippen LogP contribution in [0.4, 0.5) is 5.69 Å². The lowest BCUT2D eigenvalue weighted by molar-refractivity contribution is 0.104. The Balaban J connectivity index is 1.65. The van der Waals surface area contributed by atoms with E-state index in [1.54, 1.807) is 52.8 Å². The van der Waals surface area contributed by atoms with Gasteiger partial charge in [0.15, 0.2) is 17.3 Å². The number of ether oxygens (including phenoxy) is 4. The van der Waals surface area contributed by atoms with Gasteiger partial charge < -0.3 is 24.3 Å². The first-order valence-electron chi connectivity index (χ1n) is 10.3. The summed E-state index contributed by atoms with van der Waals surface area (Å²) in [4.78, 5) is 12.4. The van der Waals surface area contributed by atoms with Crippen LogP contribution in [0.25, 0.3) is 12.2 Å². The van der Waals surface area contributed by atoms with Crippen LogP contribution in [0.3, 0.4) is 0 Å². The molecule has 0 spiro atoms. The summed E-state index contributed by atoms with van der Waals surface area (Å²) in [7, 11) is 6.31. The van der Waals surface area contributed by atoms with Gasteiger partial charge in [0.2, 0.25) is 5.75 Å². The average Bonchev–Trinajstić information content (AvgIpc) is 2.87. The molecule has 0 fully saturated rings. The Kier molecular flexibility index (Phi) is 8.13. The number of hydrogen-bond donors (Lipinski definition) is 1. The first-order chi connectivity index (χ1) is 16.1. The monoisotopic (exact) mass is 445 g/mol. The molecule has 1 N–H and O–H groups in total. The molecule has 0 saturated heterocycles. The first-order valence-corrected chi connectivity index (χ1v) is 10.3. The van der Waals surface area contributed by atoms with E-state index in [1.807, 2.05) is 54.6 Å². The molecule has 0 aliphatic rings. The van der Waals surface area contributed by atoms with Gasteiger partial charge in [-0.2, -0.15) is 0 Å². The fraction of sp³-hybridized carbons (Fsp3) is 0.148. The van der Waals surface area contributed by atoms with E-state index < -0.39 is 0 Å². The van der Waals surface area contributed by atoms with Crippen LogP contribution in [-0.4, -0.2) is 34.2 Å². The van der Waals surface area contributed by atoms with Crippen LogP contribution < -0.4 is 24.3 Å². The van der Waals surface area contributed by atoms with Gasteiger partial charge in [-0.05, 0) is 47.5 Å². The minimum absolute atomic E-state index is 0.134. The highest BCUT2D eigenvalue weighted by atomic mass is 16.5. The molecule has 0 aromatic heterocycles. The Hall–Kier alpha value is -4.19. The molecule has 0 amide bonds. The van der Waals surface area contributed by atoms with E-state index in [-0.39, 0.29) is 5.78 Å². The zero-order valence-electron chi connectivity index (χ0n) is 19.1. The molecule has 0 radical (unpaired) electrons. The number of para-hydroxylation sites is 1. The molecule has 170 valence electrons. The number of rotatable bonds is 10. The lowest BCUT2D eigenvalue weighted by atomic mass is 10.1. The van der Waals surface area contributed by atoms with E-state index in [1.165, 1.54) is 6.08 Å². The molecule has 0 aliphatic heterocycles. The van der Waals surface area contributed by atoms with Crippen LogP contribution in [0, 0.1) is 0 Å². The maximum absolute atomic E-state index is 12.4. The predicted octanol–water partition coefficient (Wildman–Crippen LogP) is 5.70. The third-order valence-corrected chi connectivity index (χ3v) is 4.92. The van der Waals surface area contributed by atoms with E-state index in [0.717, 1.165) is 16.8 Å². The number of ketones is 1. The van der Waals surface area contributed by atoms with Crippen LogP contribution in [-0.2, 0) is 0 Å². The quantitative estimate of drug-likeness (QED) is 0.245. The fourth-order valence-electron chi connectivity index (χ4n) is 3.23. The predicted molar refractivity (Wildman–Crippen MR) is 132 cm³/mol. The second-order valence-electron chi connectivity index (χ2n) is 6.96. The van der Waals surface area contributed by atoms with Crippen molar-refractivity contribution >= 4 is 23.6 Å². The topological polar surface area (TPSA) is 66.0 Å². The van der Waals surface area contributed by atoms with Crippen molar-refractivity contribution in [2.45, 2.75) is 0 Å². The molecule has 0 heterocycles. The van der Waals surface area contributed by atoms with Crippen molar-refractivity contribution in [2.75, 3.05) is 33.8 Å². The van der Waals surface area contributed by atoms with Crippen molar-refractivity contribution in [1.29, 1.82) is 0 Å². The molecule has 0 unspecified atom stereocenters. The van der Waals surface area contributed by atoms with Crippen LogP contribution in [0.5, 0.6) is 23.0 Å². The smallest absolute Gasteiger partial charge is 0.203 e. The Morgan fingerprint density at radius 2 is 1.33 bits per heavy atom. The van der Waals surface area contributed by atoms with Gasteiger partial charge in [-0.25, -0.2) is 0 Å². The van der Waals surface area contributed by atoms with E-state index in [4.69, 9.17) is 18.9 Å². The van der Waals surface area contributed by atoms with Crippen molar-refractivity contribution in [3.63, 3.8) is 0 Å². The molecule has 33 heavy (non-hydrogen) atoms. The molecule has 6 nitrogen and oxygen atoms in total. The molecule has 0 atom stereocenters. The number of hydrogen-bond acceptors (Lipinski definition) is 6. The van der Waals surface area contributed by atoms with Gasteiger partial charge in [-0.3, -0.25) is 4.79 Å². The van der Waals surface area contributed by atoms with Crippen molar-refractivity contribution in [3.8, 4) is 23.0 Å². The van der Waals surface area contributed by atoms with Gasteiger partial charge in [0.25, 0.3) is 0 Å². The van der Waals surface area contributed by atoms with Gasteiger partial charge >= 0.3 is 0 Å². The summed E-state index contributed by atoms with van der Waals surface area (Å²) in [5, 5.41) is 3.11. The van der Waals surface area contributed by atoms with Crippen molar-refractivity contribution < 1.29 is 23.7 Å². The van der Waals surface area contributed by atoms with E-state index in [2.05, 4.69) is 5.32 Å². The molecular formula is C27H27NO5. The van der Waals surface area contributed by atoms with Gasteiger partial charge in [0, 0.05) is 18.0 Å². The summed E-state index contributed by atoms with van der Waals surface area (Å²) in [5.41, 5.74) is 3.32. The largest absolute Gasteiger partial charge is 0.496 e. The standard InChI is InChI=1S/C27H27NO5/c1-30-24-8-6-5-7-22(24)23(29)15-16-28-21-13-11-19(12-14-21)9-10-20-17-25(31-2)27(33-4)26(18-20)32-3/h5-18,28H,1-4H3/b10-9-,16-15-. The molecule has 6 heteroatoms. The highest BCUT2D eigenvalue weighted by molar-refractivity contribution is 6.06. The van der Waals surface area contributed by atoms with Gasteiger partial charge in [0.1, 0.15) is 5.75 Å². The normalized spacial score (nSPS) is 10.9. The van der Waals surface area contributed by atoms with Crippen LogP contribution in [0.15, 0.2) is 72.9 Å². The van der Waals surface area contributed by atoms with Crippen molar-refractivity contribution in [2.24, 2.45) is 0 Å². The molecule has 3 rings (SSSR count). The highest BCUT2D eigenvalue weighted by Gasteiger charge is 2.12. The lowest BCUT2D eigenvalue weighted by Crippen LogP contribution is -1.99. The highest BCUT2D eigenvalue weighted by Crippen LogP contribution is 2.38. The third kappa shape index (κ3) is 5.95. The van der Waals surface area contributed by atoms with Crippen LogP contribution >= 0.6 is 0 Å². The summed E-state index contributed by atoms with van der Waals surface area (Å²) in [6, 6.07) is 18.7. The lowest BCUT2D eigenvalue weighted by Gasteiger charge is -2.12. The fourth-order valence-corrected chi connectivity index (χ4v) is 3.23. The SMILES string of the molecule is COc1ccccc1C(=O)/C=C\Nc1ccc(/C=C\c2cc(OC)c(OC)c(OC)c2)cc1. The second-order valence-corrected chi connectivity index (χ2v) is 6.96. The van der Waals surface area contributed by atoms with Crippen LogP contribution in [0.1, 0.15) is 21.5 Å². The summed E-state index contributed by atoms with van der Waals surface area (Å²) in [6.07, 6.45) is 7.07. The first kappa shape index (κ1) is 23.5. The Morgan fingerprint density at radius 3 is 1.94 bits per heavy atom. The molecule has 0 bridgehead atoms. The molecular weight excluding hydrogens is 418 g/mol. The van der Waals surface area contributed by atoms with E-state index in [0.29, 0.717) is 28.6 Å². The molecule has 0 aliphatic carbocycles. The maximum Gasteiger partial charge on any atom is 0.203 e. The van der Waals surface area contributed by atoms with Crippen molar-refractivity contribution in [1.82, 2.24) is 0 Å². The minimum Gasteiger partial charge on any atom is -0.496 e. The number of carbonyl (C=O) groups excluding carboxylic acids is 1. The third-order valence-electron chi connectivity index (χ3n) is 4.92. The van der Waals surface area contributed by atoms with Gasteiger partial charge in [0.05, 0.1) is 34.0 Å². The minimum atomic E-state index is -0.134. The number of anilines is 1. The van der Waals surface area contributed by atoms with Crippen molar-refractivity contribution in [3.05, 3.63) is 89.6 Å². The summed E-state index contributed by atoms with van der Waals surface area (Å²) < 4.78 is 21.4. The number of carbonyl (C=O) groups is 1. The second kappa shape index (κ2) is 11.4. The van der Waals surface area contributed by atoms with E-state index in [9.17, 15) is 4.79 Å². The average molecular weight is 446 g/mol. The molecule has 0 saturated carbocycles. The summed E-state index contributed by atoms with van der Waals surface area (Å²) in [6.45, 7) is 0. The number of allylic oxidation sites excluding steroid dienone is 1. The number of methoxy groups -OCH3 is 4. The Bertz CT molecular complexity index is 1120. The Labute approximate surface area is 194 Å². The Morgan fingerprint density at radius 1 is 0.727 bits per heavy atom. The number of nitrogens with one attached hydrogen (secondary N) is 1. The molecule has 3 aromatic rings. The van der Waals surface area contributed by atoms with Gasteiger partial charge in [-0.15, -0.1) is 0 Å². The number of benzene rings is 3.